The second-order valence-electron chi connectivity index (χ2n) is 4.28. The number of nitrogens with one attached hydrogen (secondary N) is 1. The lowest BCUT2D eigenvalue weighted by Crippen LogP contribution is -2.28. The summed E-state index contributed by atoms with van der Waals surface area (Å²) in [6.45, 7) is 0.223. The van der Waals surface area contributed by atoms with E-state index in [1.165, 1.54) is 0 Å². The maximum absolute atomic E-state index is 12.0. The van der Waals surface area contributed by atoms with Gasteiger partial charge in [-0.2, -0.15) is 0 Å². The Hall–Kier alpha value is -2.76. The van der Waals surface area contributed by atoms with Crippen LogP contribution in [0.4, 0.5) is 0 Å². The van der Waals surface area contributed by atoms with Gasteiger partial charge in [0, 0.05) is 18.4 Å². The minimum Gasteiger partial charge on any atom is -0.506 e. The number of carbonyl (C=O) groups excluding carboxylic acids is 1. The summed E-state index contributed by atoms with van der Waals surface area (Å²) >= 11 is 0. The summed E-state index contributed by atoms with van der Waals surface area (Å²) in [4.78, 5) is 12.0. The smallest absolute Gasteiger partial charge is 0.255 e. The van der Waals surface area contributed by atoms with Crippen molar-refractivity contribution in [1.82, 2.24) is 5.32 Å². The molecule has 0 unspecified atom stereocenters. The Balaban J connectivity index is 2.16. The minimum absolute atomic E-state index is 0.0352. The van der Waals surface area contributed by atoms with Crippen LogP contribution in [0.2, 0.25) is 0 Å². The molecule has 2 aromatic carbocycles. The van der Waals surface area contributed by atoms with Crippen molar-refractivity contribution in [3.05, 3.63) is 42.0 Å². The summed E-state index contributed by atoms with van der Waals surface area (Å²) in [5.74, 6) is -0.420. The fraction of sp³-hybridized carbons (Fsp3) is 0.143. The van der Waals surface area contributed by atoms with Gasteiger partial charge in [0.05, 0.1) is 5.56 Å². The van der Waals surface area contributed by atoms with E-state index in [1.54, 1.807) is 24.3 Å². The molecule has 6 nitrogen and oxygen atoms in total. The number of rotatable bonds is 4. The van der Waals surface area contributed by atoms with Crippen molar-refractivity contribution in [2.24, 2.45) is 10.9 Å². The monoisotopic (exact) mass is 273 g/mol. The van der Waals surface area contributed by atoms with Crippen LogP contribution in [0.1, 0.15) is 16.8 Å². The van der Waals surface area contributed by atoms with Crippen molar-refractivity contribution in [3.63, 3.8) is 0 Å². The largest absolute Gasteiger partial charge is 0.506 e. The highest BCUT2D eigenvalue weighted by Crippen LogP contribution is 2.28. The highest BCUT2D eigenvalue weighted by Gasteiger charge is 2.13. The Kier molecular flexibility index (Phi) is 4.05. The van der Waals surface area contributed by atoms with Crippen molar-refractivity contribution in [2.45, 2.75) is 6.42 Å². The minimum atomic E-state index is -0.404. The number of phenols is 1. The van der Waals surface area contributed by atoms with Gasteiger partial charge in [-0.15, -0.1) is 0 Å². The van der Waals surface area contributed by atoms with E-state index >= 15 is 0 Å². The van der Waals surface area contributed by atoms with Gasteiger partial charge in [0.1, 0.15) is 11.6 Å². The van der Waals surface area contributed by atoms with E-state index in [4.69, 9.17) is 10.9 Å². The van der Waals surface area contributed by atoms with Gasteiger partial charge in [0.25, 0.3) is 5.91 Å². The molecule has 1 amide bonds. The molecule has 0 saturated heterocycles. The first kappa shape index (κ1) is 13.7. The molecule has 0 aliphatic carbocycles. The first-order chi connectivity index (χ1) is 9.63. The Bertz CT molecular complexity index is 668. The number of oxime groups is 1. The lowest BCUT2D eigenvalue weighted by molar-refractivity contribution is 0.0952. The summed E-state index contributed by atoms with van der Waals surface area (Å²) in [7, 11) is 0. The molecule has 2 rings (SSSR count). The van der Waals surface area contributed by atoms with Crippen molar-refractivity contribution in [2.75, 3.05) is 6.54 Å². The highest BCUT2D eigenvalue weighted by molar-refractivity contribution is 6.03. The molecule has 20 heavy (non-hydrogen) atoms. The van der Waals surface area contributed by atoms with E-state index in [1.807, 2.05) is 12.1 Å². The molecule has 0 aliphatic heterocycles. The number of amides is 1. The van der Waals surface area contributed by atoms with Crippen LogP contribution in [-0.4, -0.2) is 28.6 Å². The maximum atomic E-state index is 12.0. The van der Waals surface area contributed by atoms with Crippen LogP contribution in [0, 0.1) is 0 Å². The number of aromatic hydroxyl groups is 1. The van der Waals surface area contributed by atoms with E-state index in [-0.39, 0.29) is 30.1 Å². The molecule has 2 aromatic rings. The summed E-state index contributed by atoms with van der Waals surface area (Å²) in [5.41, 5.74) is 5.50. The number of amidine groups is 1. The average Bonchev–Trinajstić information content (AvgIpc) is 2.47. The Morgan fingerprint density at radius 3 is 2.75 bits per heavy atom. The molecule has 0 saturated carbocycles. The Labute approximate surface area is 115 Å². The van der Waals surface area contributed by atoms with Crippen LogP contribution < -0.4 is 11.1 Å². The van der Waals surface area contributed by atoms with Gasteiger partial charge in [0.15, 0.2) is 0 Å². The fourth-order valence-electron chi connectivity index (χ4n) is 1.89. The number of phenolic OH excluding ortho intramolecular Hbond substituents is 1. The normalized spacial score (nSPS) is 11.5. The average molecular weight is 273 g/mol. The third-order valence-corrected chi connectivity index (χ3v) is 2.94. The third kappa shape index (κ3) is 2.80. The summed E-state index contributed by atoms with van der Waals surface area (Å²) in [6.07, 6.45) is 0.233. The quantitative estimate of drug-likeness (QED) is 0.292. The van der Waals surface area contributed by atoms with Crippen molar-refractivity contribution < 1.29 is 15.1 Å². The lowest BCUT2D eigenvalue weighted by Gasteiger charge is -2.08. The fourth-order valence-corrected chi connectivity index (χ4v) is 1.89. The van der Waals surface area contributed by atoms with E-state index in [0.29, 0.717) is 5.39 Å². The standard InChI is InChI=1S/C14H15N3O3/c15-12(17-20)7-8-16-14(19)11-6-5-9-3-1-2-4-10(9)13(11)18/h1-6,18,20H,7-8H2,(H2,15,17)(H,16,19). The molecule has 0 aromatic heterocycles. The molecule has 0 aliphatic rings. The Morgan fingerprint density at radius 1 is 1.25 bits per heavy atom. The first-order valence-electron chi connectivity index (χ1n) is 6.09. The third-order valence-electron chi connectivity index (χ3n) is 2.94. The van der Waals surface area contributed by atoms with E-state index < -0.39 is 5.91 Å². The second kappa shape index (κ2) is 5.92. The number of hydrogen-bond acceptors (Lipinski definition) is 4. The first-order valence-corrected chi connectivity index (χ1v) is 6.09. The van der Waals surface area contributed by atoms with Gasteiger partial charge < -0.3 is 21.4 Å². The number of benzene rings is 2. The maximum Gasteiger partial charge on any atom is 0.255 e. The Morgan fingerprint density at radius 2 is 2.00 bits per heavy atom. The number of fused-ring (bicyclic) bond motifs is 1. The van der Waals surface area contributed by atoms with Crippen LogP contribution in [0.15, 0.2) is 41.6 Å². The van der Waals surface area contributed by atoms with Crippen LogP contribution in [-0.2, 0) is 0 Å². The molecule has 0 radical (unpaired) electrons. The zero-order valence-electron chi connectivity index (χ0n) is 10.7. The molecule has 5 N–H and O–H groups in total. The molecule has 104 valence electrons. The van der Waals surface area contributed by atoms with Crippen LogP contribution in [0.3, 0.4) is 0 Å². The summed E-state index contributed by atoms with van der Waals surface area (Å²) in [5, 5.41) is 25.4. The van der Waals surface area contributed by atoms with Gasteiger partial charge in [-0.25, -0.2) is 0 Å². The number of nitrogens with two attached hydrogens (primary N) is 1. The molecular formula is C14H15N3O3. The van der Waals surface area contributed by atoms with Gasteiger partial charge in [-0.1, -0.05) is 35.5 Å². The molecular weight excluding hydrogens is 258 g/mol. The van der Waals surface area contributed by atoms with Crippen LogP contribution >= 0.6 is 0 Å². The van der Waals surface area contributed by atoms with Gasteiger partial charge >= 0.3 is 0 Å². The number of hydrogen-bond donors (Lipinski definition) is 4. The van der Waals surface area contributed by atoms with Gasteiger partial charge in [-0.3, -0.25) is 4.79 Å². The molecule has 0 fully saturated rings. The topological polar surface area (TPSA) is 108 Å². The SMILES string of the molecule is NC(CCNC(=O)c1ccc2ccccc2c1O)=NO. The summed E-state index contributed by atoms with van der Waals surface area (Å²) < 4.78 is 0. The molecule has 0 spiro atoms. The van der Waals surface area contributed by atoms with Crippen molar-refractivity contribution in [3.8, 4) is 5.75 Å². The lowest BCUT2D eigenvalue weighted by atomic mass is 10.0. The van der Waals surface area contributed by atoms with Crippen LogP contribution in [0.25, 0.3) is 10.8 Å². The highest BCUT2D eigenvalue weighted by atomic mass is 16.4. The van der Waals surface area contributed by atoms with Gasteiger partial charge in [-0.05, 0) is 11.5 Å². The van der Waals surface area contributed by atoms with Crippen molar-refractivity contribution >= 4 is 22.5 Å². The predicted molar refractivity (Wildman–Crippen MR) is 76.0 cm³/mol. The van der Waals surface area contributed by atoms with Crippen molar-refractivity contribution in [1.29, 1.82) is 0 Å². The van der Waals surface area contributed by atoms with Gasteiger partial charge in [0.2, 0.25) is 0 Å². The molecule has 6 heteroatoms. The van der Waals surface area contributed by atoms with E-state index in [0.717, 1.165) is 5.39 Å². The zero-order chi connectivity index (χ0) is 14.5. The molecule has 0 atom stereocenters. The predicted octanol–water partition coefficient (Wildman–Crippen LogP) is 1.41. The molecule has 0 heterocycles. The second-order valence-corrected chi connectivity index (χ2v) is 4.28. The van der Waals surface area contributed by atoms with Crippen LogP contribution in [0.5, 0.6) is 5.75 Å². The number of nitrogens with zero attached hydrogens (tertiary/aromatic N) is 1. The number of carbonyl (C=O) groups is 1. The summed E-state index contributed by atoms with van der Waals surface area (Å²) in [6, 6.07) is 10.6. The van der Waals surface area contributed by atoms with E-state index in [9.17, 15) is 9.90 Å². The molecule has 0 bridgehead atoms. The van der Waals surface area contributed by atoms with E-state index in [2.05, 4.69) is 10.5 Å². The zero-order valence-corrected chi connectivity index (χ0v) is 10.7.